The van der Waals surface area contributed by atoms with Crippen molar-refractivity contribution in [2.45, 2.75) is 32.6 Å². The second-order valence-electron chi connectivity index (χ2n) is 5.53. The van der Waals surface area contributed by atoms with Crippen LogP contribution in [-0.2, 0) is 0 Å². The monoisotopic (exact) mass is 284 g/mol. The van der Waals surface area contributed by atoms with Crippen LogP contribution in [0.15, 0.2) is 12.1 Å². The lowest BCUT2D eigenvalue weighted by Gasteiger charge is -2.27. The normalized spacial score (nSPS) is 22.6. The second kappa shape index (κ2) is 6.15. The molecule has 1 N–H and O–H groups in total. The lowest BCUT2D eigenvalue weighted by Crippen LogP contribution is -2.21. The highest BCUT2D eigenvalue weighted by molar-refractivity contribution is 5.62. The van der Waals surface area contributed by atoms with Crippen LogP contribution >= 0.6 is 0 Å². The van der Waals surface area contributed by atoms with Crippen LogP contribution in [0.2, 0.25) is 0 Å². The first kappa shape index (κ1) is 14.7. The molecule has 0 amide bonds. The van der Waals surface area contributed by atoms with Gasteiger partial charge in [0.1, 0.15) is 0 Å². The molecular weight excluding hydrogens is 266 g/mol. The molecule has 0 bridgehead atoms. The Morgan fingerprint density at radius 2 is 2.15 bits per heavy atom. The number of nitro benzene ring substituents is 1. The van der Waals surface area contributed by atoms with Gasteiger partial charge in [-0.3, -0.25) is 10.1 Å². The molecule has 20 heavy (non-hydrogen) atoms. The lowest BCUT2D eigenvalue weighted by molar-refractivity contribution is -0.384. The summed E-state index contributed by atoms with van der Waals surface area (Å²) in [6.07, 6.45) is 4.33. The molecule has 0 aliphatic heterocycles. The van der Waals surface area contributed by atoms with Crippen LogP contribution in [0.25, 0.3) is 0 Å². The van der Waals surface area contributed by atoms with Gasteiger partial charge in [0.25, 0.3) is 5.69 Å². The van der Waals surface area contributed by atoms with E-state index in [1.54, 1.807) is 0 Å². The van der Waals surface area contributed by atoms with Crippen molar-refractivity contribution in [2.75, 3.05) is 11.9 Å². The van der Waals surface area contributed by atoms with Crippen molar-refractivity contribution >= 4 is 11.4 Å². The molecule has 0 radical (unpaired) electrons. The van der Waals surface area contributed by atoms with Gasteiger partial charge in [-0.15, -0.1) is 0 Å². The number of nitrogens with zero attached hydrogens (tertiary/aromatic N) is 1. The number of hydrogen-bond acceptors (Lipinski definition) is 3. The molecule has 1 saturated carbocycles. The Kier molecular flexibility index (Phi) is 4.52. The standard InChI is InChI=1S/C14H18F2N2O2/c1-9-3-2-4-10(7-9)8-17-14-12(18(19)20)6-5-11(15)13(14)16/h5-6,9-10,17H,2-4,7-8H2,1H3. The molecule has 0 heterocycles. The largest absolute Gasteiger partial charge is 0.377 e. The Morgan fingerprint density at radius 3 is 2.80 bits per heavy atom. The molecule has 2 rings (SSSR count). The molecule has 4 nitrogen and oxygen atoms in total. The van der Waals surface area contributed by atoms with Gasteiger partial charge < -0.3 is 5.32 Å². The molecule has 110 valence electrons. The first-order chi connectivity index (χ1) is 9.49. The second-order valence-corrected chi connectivity index (χ2v) is 5.53. The average Bonchev–Trinajstić information content (AvgIpc) is 2.40. The van der Waals surface area contributed by atoms with Crippen LogP contribution in [0.1, 0.15) is 32.6 Å². The summed E-state index contributed by atoms with van der Waals surface area (Å²) in [5.41, 5.74) is -0.763. The summed E-state index contributed by atoms with van der Waals surface area (Å²) in [6, 6.07) is 1.77. The Hall–Kier alpha value is -1.72. The SMILES string of the molecule is CC1CCCC(CNc2c([N+](=O)[O-])ccc(F)c2F)C1. The maximum absolute atomic E-state index is 13.7. The molecule has 2 unspecified atom stereocenters. The third kappa shape index (κ3) is 3.23. The van der Waals surface area contributed by atoms with E-state index < -0.39 is 22.2 Å². The van der Waals surface area contributed by atoms with E-state index >= 15 is 0 Å². The first-order valence-corrected chi connectivity index (χ1v) is 6.85. The number of nitro groups is 1. The van der Waals surface area contributed by atoms with Crippen LogP contribution in [0.5, 0.6) is 0 Å². The third-order valence-corrected chi connectivity index (χ3v) is 3.88. The van der Waals surface area contributed by atoms with Gasteiger partial charge in [-0.05, 0) is 30.7 Å². The van der Waals surface area contributed by atoms with Gasteiger partial charge in [0.15, 0.2) is 17.3 Å². The quantitative estimate of drug-likeness (QED) is 0.668. The van der Waals surface area contributed by atoms with Crippen molar-refractivity contribution in [1.82, 2.24) is 0 Å². The molecule has 1 aliphatic carbocycles. The van der Waals surface area contributed by atoms with Gasteiger partial charge in [-0.1, -0.05) is 19.8 Å². The summed E-state index contributed by atoms with van der Waals surface area (Å²) < 4.78 is 26.9. The Bertz CT molecular complexity index is 508. The molecule has 0 aromatic heterocycles. The summed E-state index contributed by atoms with van der Waals surface area (Å²) >= 11 is 0. The highest BCUT2D eigenvalue weighted by atomic mass is 19.2. The van der Waals surface area contributed by atoms with Crippen molar-refractivity contribution in [3.8, 4) is 0 Å². The van der Waals surface area contributed by atoms with Crippen LogP contribution < -0.4 is 5.32 Å². The maximum atomic E-state index is 13.7. The van der Waals surface area contributed by atoms with Gasteiger partial charge in [-0.2, -0.15) is 0 Å². The lowest BCUT2D eigenvalue weighted by atomic mass is 9.82. The highest BCUT2D eigenvalue weighted by Gasteiger charge is 2.24. The first-order valence-electron chi connectivity index (χ1n) is 6.85. The number of rotatable bonds is 4. The molecule has 1 aromatic carbocycles. The van der Waals surface area contributed by atoms with Crippen molar-refractivity contribution in [3.63, 3.8) is 0 Å². The number of halogens is 2. The fraction of sp³-hybridized carbons (Fsp3) is 0.571. The third-order valence-electron chi connectivity index (χ3n) is 3.88. The zero-order valence-electron chi connectivity index (χ0n) is 11.4. The molecule has 6 heteroatoms. The fourth-order valence-corrected chi connectivity index (χ4v) is 2.85. The average molecular weight is 284 g/mol. The van der Waals surface area contributed by atoms with Gasteiger partial charge in [0.2, 0.25) is 0 Å². The summed E-state index contributed by atoms with van der Waals surface area (Å²) in [5, 5.41) is 13.6. The summed E-state index contributed by atoms with van der Waals surface area (Å²) in [6.45, 7) is 2.60. The van der Waals surface area contributed by atoms with Gasteiger partial charge in [0, 0.05) is 12.6 Å². The van der Waals surface area contributed by atoms with E-state index in [4.69, 9.17) is 0 Å². The molecule has 2 atom stereocenters. The summed E-state index contributed by atoms with van der Waals surface area (Å²) in [5.74, 6) is -1.29. The van der Waals surface area contributed by atoms with Crippen LogP contribution in [-0.4, -0.2) is 11.5 Å². The molecule has 1 aromatic rings. The zero-order valence-corrected chi connectivity index (χ0v) is 11.4. The van der Waals surface area contributed by atoms with Crippen LogP contribution in [0.4, 0.5) is 20.2 Å². The number of nitrogens with one attached hydrogen (secondary N) is 1. The van der Waals surface area contributed by atoms with E-state index in [0.717, 1.165) is 31.4 Å². The van der Waals surface area contributed by atoms with Crippen LogP contribution in [0.3, 0.4) is 0 Å². The van der Waals surface area contributed by atoms with E-state index in [1.807, 2.05) is 0 Å². The maximum Gasteiger partial charge on any atom is 0.295 e. The minimum Gasteiger partial charge on any atom is -0.377 e. The van der Waals surface area contributed by atoms with E-state index in [9.17, 15) is 18.9 Å². The van der Waals surface area contributed by atoms with Crippen LogP contribution in [0, 0.1) is 33.6 Å². The number of benzene rings is 1. The molecule has 0 saturated heterocycles. The van der Waals surface area contributed by atoms with E-state index in [0.29, 0.717) is 18.4 Å². The summed E-state index contributed by atoms with van der Waals surface area (Å²) in [4.78, 5) is 10.2. The highest BCUT2D eigenvalue weighted by Crippen LogP contribution is 2.32. The van der Waals surface area contributed by atoms with Crippen molar-refractivity contribution in [2.24, 2.45) is 11.8 Å². The summed E-state index contributed by atoms with van der Waals surface area (Å²) in [7, 11) is 0. The minimum absolute atomic E-state index is 0.340. The van der Waals surface area contributed by atoms with E-state index in [2.05, 4.69) is 12.2 Å². The number of anilines is 1. The van der Waals surface area contributed by atoms with E-state index in [1.165, 1.54) is 6.42 Å². The molecular formula is C14H18F2N2O2. The molecule has 1 fully saturated rings. The van der Waals surface area contributed by atoms with Crippen molar-refractivity contribution in [3.05, 3.63) is 33.9 Å². The zero-order chi connectivity index (χ0) is 14.7. The van der Waals surface area contributed by atoms with Gasteiger partial charge in [0.05, 0.1) is 4.92 Å². The Morgan fingerprint density at radius 1 is 1.40 bits per heavy atom. The predicted octanol–water partition coefficient (Wildman–Crippen LogP) is 4.11. The predicted molar refractivity (Wildman–Crippen MR) is 72.6 cm³/mol. The van der Waals surface area contributed by atoms with Gasteiger partial charge in [-0.25, -0.2) is 8.78 Å². The number of hydrogen-bond donors (Lipinski definition) is 1. The minimum atomic E-state index is -1.18. The Labute approximate surface area is 116 Å². The molecule has 1 aliphatic rings. The molecule has 0 spiro atoms. The van der Waals surface area contributed by atoms with E-state index in [-0.39, 0.29) is 5.69 Å². The Balaban J connectivity index is 2.12. The van der Waals surface area contributed by atoms with Crippen molar-refractivity contribution < 1.29 is 13.7 Å². The smallest absolute Gasteiger partial charge is 0.295 e. The van der Waals surface area contributed by atoms with Crippen molar-refractivity contribution in [1.29, 1.82) is 0 Å². The topological polar surface area (TPSA) is 55.2 Å². The fourth-order valence-electron chi connectivity index (χ4n) is 2.85. The van der Waals surface area contributed by atoms with Gasteiger partial charge >= 0.3 is 0 Å².